The fourth-order valence-electron chi connectivity index (χ4n) is 1.53. The second kappa shape index (κ2) is 6.19. The molecule has 0 spiro atoms. The smallest absolute Gasteiger partial charge is 0.278 e. The Balaban J connectivity index is 2.24. The first-order valence-electron chi connectivity index (χ1n) is 6.07. The number of nitrogens with zero attached hydrogens (tertiary/aromatic N) is 1. The average Bonchev–Trinajstić information content (AvgIpc) is 2.94. The zero-order chi connectivity index (χ0) is 14.6. The molecule has 0 aliphatic carbocycles. The second-order valence-corrected chi connectivity index (χ2v) is 6.94. The van der Waals surface area contributed by atoms with E-state index in [0.29, 0.717) is 11.4 Å². The van der Waals surface area contributed by atoms with E-state index in [-0.39, 0.29) is 5.03 Å². The van der Waals surface area contributed by atoms with E-state index < -0.39 is 10.0 Å². The lowest BCUT2D eigenvalue weighted by Gasteiger charge is -2.10. The van der Waals surface area contributed by atoms with Crippen molar-refractivity contribution < 1.29 is 8.42 Å². The summed E-state index contributed by atoms with van der Waals surface area (Å²) in [6.45, 7) is 2.09. The number of rotatable bonds is 6. The number of aromatic amines is 1. The van der Waals surface area contributed by atoms with Gasteiger partial charge in [-0.3, -0.25) is 9.82 Å². The zero-order valence-corrected chi connectivity index (χ0v) is 12.6. The third kappa shape index (κ3) is 3.45. The van der Waals surface area contributed by atoms with Gasteiger partial charge in [0.15, 0.2) is 5.03 Å². The molecule has 2 rings (SSSR count). The van der Waals surface area contributed by atoms with Crippen molar-refractivity contribution in [3.05, 3.63) is 30.5 Å². The van der Waals surface area contributed by atoms with Gasteiger partial charge in [0.2, 0.25) is 0 Å². The Bertz CT molecular complexity index is 669. The third-order valence-electron chi connectivity index (χ3n) is 2.51. The molecule has 0 atom stereocenters. The molecule has 8 heteroatoms. The number of thioether (sulfide) groups is 1. The van der Waals surface area contributed by atoms with Crippen molar-refractivity contribution in [3.8, 4) is 0 Å². The highest BCUT2D eigenvalue weighted by molar-refractivity contribution is 7.99. The number of benzene rings is 1. The molecule has 1 aromatic heterocycles. The first kappa shape index (κ1) is 14.7. The molecule has 4 N–H and O–H groups in total. The molecule has 6 nitrogen and oxygen atoms in total. The molecular formula is C12H16N4O2S2. The molecule has 0 radical (unpaired) electrons. The largest absolute Gasteiger partial charge is 0.397 e. The first-order valence-corrected chi connectivity index (χ1v) is 8.54. The average molecular weight is 312 g/mol. The quantitative estimate of drug-likeness (QED) is 0.561. The Hall–Kier alpha value is -1.67. The Morgan fingerprint density at radius 1 is 1.40 bits per heavy atom. The molecule has 1 heterocycles. The van der Waals surface area contributed by atoms with Crippen LogP contribution in [0, 0.1) is 0 Å². The van der Waals surface area contributed by atoms with Crippen LogP contribution in [-0.4, -0.2) is 24.4 Å². The fourth-order valence-corrected chi connectivity index (χ4v) is 3.32. The van der Waals surface area contributed by atoms with Crippen LogP contribution in [0.15, 0.2) is 40.4 Å². The van der Waals surface area contributed by atoms with Gasteiger partial charge in [-0.25, -0.2) is 0 Å². The van der Waals surface area contributed by atoms with Gasteiger partial charge in [0.1, 0.15) is 0 Å². The lowest BCUT2D eigenvalue weighted by atomic mass is 10.3. The van der Waals surface area contributed by atoms with Crippen LogP contribution in [0.5, 0.6) is 0 Å². The monoisotopic (exact) mass is 312 g/mol. The van der Waals surface area contributed by atoms with Crippen molar-refractivity contribution in [2.45, 2.75) is 23.3 Å². The van der Waals surface area contributed by atoms with Gasteiger partial charge >= 0.3 is 0 Å². The van der Waals surface area contributed by atoms with Crippen LogP contribution in [-0.2, 0) is 10.0 Å². The SMILES string of the molecule is CCCSc1ccc(N)c(NS(=O)(=O)c2ccn[nH]2)c1. The first-order chi connectivity index (χ1) is 9.53. The van der Waals surface area contributed by atoms with E-state index in [2.05, 4.69) is 21.8 Å². The van der Waals surface area contributed by atoms with Crippen molar-refractivity contribution in [2.24, 2.45) is 0 Å². The number of sulfonamides is 1. The summed E-state index contributed by atoms with van der Waals surface area (Å²) in [4.78, 5) is 0.975. The summed E-state index contributed by atoms with van der Waals surface area (Å²) in [6, 6.07) is 6.70. The summed E-state index contributed by atoms with van der Waals surface area (Å²) < 4.78 is 26.7. The Labute approximate surface area is 122 Å². The minimum Gasteiger partial charge on any atom is -0.397 e. The van der Waals surface area contributed by atoms with Gasteiger partial charge in [-0.2, -0.15) is 13.5 Å². The number of nitrogen functional groups attached to an aromatic ring is 1. The van der Waals surface area contributed by atoms with Gasteiger partial charge in [0, 0.05) is 4.90 Å². The summed E-state index contributed by atoms with van der Waals surface area (Å²) in [5, 5.41) is 6.05. The van der Waals surface area contributed by atoms with E-state index in [9.17, 15) is 8.42 Å². The number of nitrogens with one attached hydrogen (secondary N) is 2. The molecular weight excluding hydrogens is 296 g/mol. The van der Waals surface area contributed by atoms with E-state index in [0.717, 1.165) is 17.1 Å². The summed E-state index contributed by atoms with van der Waals surface area (Å²) >= 11 is 1.66. The van der Waals surface area contributed by atoms with Gasteiger partial charge in [0.25, 0.3) is 10.0 Å². The number of hydrogen-bond donors (Lipinski definition) is 3. The van der Waals surface area contributed by atoms with Gasteiger partial charge in [-0.15, -0.1) is 11.8 Å². The van der Waals surface area contributed by atoms with Crippen molar-refractivity contribution in [1.82, 2.24) is 10.2 Å². The van der Waals surface area contributed by atoms with Crippen LogP contribution >= 0.6 is 11.8 Å². The maximum atomic E-state index is 12.1. The van der Waals surface area contributed by atoms with Crippen LogP contribution in [0.2, 0.25) is 0 Å². The summed E-state index contributed by atoms with van der Waals surface area (Å²) in [5.74, 6) is 0.969. The number of nitrogens with two attached hydrogens (primary N) is 1. The molecule has 0 unspecified atom stereocenters. The second-order valence-electron chi connectivity index (χ2n) is 4.12. The highest BCUT2D eigenvalue weighted by Crippen LogP contribution is 2.28. The van der Waals surface area contributed by atoms with Crippen LogP contribution in [0.4, 0.5) is 11.4 Å². The summed E-state index contributed by atoms with van der Waals surface area (Å²) in [7, 11) is -3.69. The highest BCUT2D eigenvalue weighted by atomic mass is 32.2. The molecule has 2 aromatic rings. The van der Waals surface area contributed by atoms with E-state index >= 15 is 0 Å². The van der Waals surface area contributed by atoms with E-state index in [1.165, 1.54) is 12.3 Å². The normalized spacial score (nSPS) is 11.4. The highest BCUT2D eigenvalue weighted by Gasteiger charge is 2.17. The summed E-state index contributed by atoms with van der Waals surface area (Å²) in [6.07, 6.45) is 2.43. The van der Waals surface area contributed by atoms with Gasteiger partial charge in [-0.1, -0.05) is 6.92 Å². The fraction of sp³-hybridized carbons (Fsp3) is 0.250. The maximum Gasteiger partial charge on any atom is 0.278 e. The zero-order valence-electron chi connectivity index (χ0n) is 11.0. The molecule has 0 aliphatic heterocycles. The lowest BCUT2D eigenvalue weighted by molar-refractivity contribution is 0.597. The Kier molecular flexibility index (Phi) is 4.56. The molecule has 0 fully saturated rings. The third-order valence-corrected chi connectivity index (χ3v) is 5.00. The number of H-pyrrole nitrogens is 1. The Morgan fingerprint density at radius 3 is 2.85 bits per heavy atom. The van der Waals surface area contributed by atoms with Gasteiger partial charge in [-0.05, 0) is 36.4 Å². The molecule has 20 heavy (non-hydrogen) atoms. The van der Waals surface area contributed by atoms with E-state index in [1.54, 1.807) is 23.9 Å². The minimum atomic E-state index is -3.69. The predicted molar refractivity (Wildman–Crippen MR) is 81.3 cm³/mol. The number of aromatic nitrogens is 2. The molecule has 108 valence electrons. The topological polar surface area (TPSA) is 101 Å². The molecule has 0 aliphatic rings. The molecule has 0 saturated carbocycles. The van der Waals surface area contributed by atoms with Gasteiger partial charge < -0.3 is 5.73 Å². The predicted octanol–water partition coefficient (Wildman–Crippen LogP) is 2.29. The number of hydrogen-bond acceptors (Lipinski definition) is 5. The van der Waals surface area contributed by atoms with Crippen LogP contribution in [0.25, 0.3) is 0 Å². The van der Waals surface area contributed by atoms with Crippen LogP contribution in [0.1, 0.15) is 13.3 Å². The summed E-state index contributed by atoms with van der Waals surface area (Å²) in [5.41, 5.74) is 6.58. The molecule has 0 amide bonds. The molecule has 0 bridgehead atoms. The minimum absolute atomic E-state index is 0.00325. The van der Waals surface area contributed by atoms with Crippen LogP contribution < -0.4 is 10.5 Å². The van der Waals surface area contributed by atoms with E-state index in [1.807, 2.05) is 6.07 Å². The van der Waals surface area contributed by atoms with Crippen molar-refractivity contribution in [2.75, 3.05) is 16.2 Å². The van der Waals surface area contributed by atoms with Crippen molar-refractivity contribution >= 4 is 33.2 Å². The molecule has 1 aromatic carbocycles. The molecule has 0 saturated heterocycles. The van der Waals surface area contributed by atoms with Crippen LogP contribution in [0.3, 0.4) is 0 Å². The Morgan fingerprint density at radius 2 is 2.20 bits per heavy atom. The standard InChI is InChI=1S/C12H16N4O2S2/c1-2-7-19-9-3-4-10(13)11(8-9)16-20(17,18)12-5-6-14-15-12/h3-6,8,16H,2,7,13H2,1H3,(H,14,15). The maximum absolute atomic E-state index is 12.1. The van der Waals surface area contributed by atoms with Crippen molar-refractivity contribution in [1.29, 1.82) is 0 Å². The van der Waals surface area contributed by atoms with Gasteiger partial charge in [0.05, 0.1) is 17.6 Å². The number of anilines is 2. The lowest BCUT2D eigenvalue weighted by Crippen LogP contribution is -2.14. The van der Waals surface area contributed by atoms with E-state index in [4.69, 9.17) is 5.73 Å². The van der Waals surface area contributed by atoms with Crippen molar-refractivity contribution in [3.63, 3.8) is 0 Å².